The van der Waals surface area contributed by atoms with Crippen LogP contribution in [0.1, 0.15) is 6.42 Å². The Morgan fingerprint density at radius 1 is 1.36 bits per heavy atom. The summed E-state index contributed by atoms with van der Waals surface area (Å²) in [7, 11) is 0. The molecule has 0 spiro atoms. The predicted molar refractivity (Wildman–Crippen MR) is 62.8 cm³/mol. The van der Waals surface area contributed by atoms with E-state index in [1.54, 1.807) is 6.20 Å². The zero-order chi connectivity index (χ0) is 9.80. The highest BCUT2D eigenvalue weighted by Gasteiger charge is 2.12. The number of hydrogen-bond acceptors (Lipinski definition) is 4. The van der Waals surface area contributed by atoms with Gasteiger partial charge >= 0.3 is 0 Å². The predicted octanol–water partition coefficient (Wildman–Crippen LogP) is 1.61. The first kappa shape index (κ1) is 9.65. The highest BCUT2D eigenvalue weighted by molar-refractivity contribution is 7.99. The average Bonchev–Trinajstić information content (AvgIpc) is 2.47. The van der Waals surface area contributed by atoms with Gasteiger partial charge in [-0.3, -0.25) is 0 Å². The molecular formula is C10H15N3S. The van der Waals surface area contributed by atoms with Crippen molar-refractivity contribution in [1.29, 1.82) is 0 Å². The van der Waals surface area contributed by atoms with Crippen molar-refractivity contribution in [3.05, 3.63) is 18.3 Å². The van der Waals surface area contributed by atoms with E-state index in [0.29, 0.717) is 5.82 Å². The van der Waals surface area contributed by atoms with E-state index in [9.17, 15) is 0 Å². The lowest BCUT2D eigenvalue weighted by molar-refractivity contribution is 0.815. The minimum Gasteiger partial charge on any atom is -0.382 e. The second-order valence-corrected chi connectivity index (χ2v) is 4.59. The summed E-state index contributed by atoms with van der Waals surface area (Å²) < 4.78 is 0. The molecule has 0 radical (unpaired) electrons. The average molecular weight is 209 g/mol. The van der Waals surface area contributed by atoms with Crippen molar-refractivity contribution in [2.75, 3.05) is 35.2 Å². The van der Waals surface area contributed by atoms with Crippen LogP contribution in [-0.2, 0) is 0 Å². The molecule has 14 heavy (non-hydrogen) atoms. The molecule has 0 amide bonds. The van der Waals surface area contributed by atoms with E-state index >= 15 is 0 Å². The van der Waals surface area contributed by atoms with Gasteiger partial charge in [-0.1, -0.05) is 0 Å². The molecule has 76 valence electrons. The largest absolute Gasteiger partial charge is 0.382 e. The van der Waals surface area contributed by atoms with Gasteiger partial charge < -0.3 is 10.6 Å². The highest BCUT2D eigenvalue weighted by Crippen LogP contribution is 2.22. The van der Waals surface area contributed by atoms with Gasteiger partial charge in [0.15, 0.2) is 0 Å². The molecule has 1 aliphatic heterocycles. The first-order valence-electron chi connectivity index (χ1n) is 4.91. The maximum Gasteiger partial charge on any atom is 0.146 e. The fourth-order valence-electron chi connectivity index (χ4n) is 1.66. The number of aromatic nitrogens is 1. The molecule has 4 heteroatoms. The highest BCUT2D eigenvalue weighted by atomic mass is 32.2. The number of pyridine rings is 1. The van der Waals surface area contributed by atoms with Crippen LogP contribution in [-0.4, -0.2) is 29.6 Å². The number of hydrogen-bond donors (Lipinski definition) is 1. The second kappa shape index (κ2) is 4.55. The van der Waals surface area contributed by atoms with Gasteiger partial charge in [-0.25, -0.2) is 4.98 Å². The SMILES string of the molecule is Nc1ncccc1N1CCCSCC1. The Labute approximate surface area is 88.7 Å². The van der Waals surface area contributed by atoms with Crippen LogP contribution < -0.4 is 10.6 Å². The van der Waals surface area contributed by atoms with Crippen molar-refractivity contribution in [2.45, 2.75) is 6.42 Å². The van der Waals surface area contributed by atoms with Crippen molar-refractivity contribution in [2.24, 2.45) is 0 Å². The summed E-state index contributed by atoms with van der Waals surface area (Å²) in [6, 6.07) is 4.00. The van der Waals surface area contributed by atoms with Crippen LogP contribution >= 0.6 is 11.8 Å². The monoisotopic (exact) mass is 209 g/mol. The molecule has 2 N–H and O–H groups in total. The van der Waals surface area contributed by atoms with Crippen LogP contribution in [0.15, 0.2) is 18.3 Å². The Kier molecular flexibility index (Phi) is 3.14. The van der Waals surface area contributed by atoms with E-state index in [0.717, 1.165) is 18.8 Å². The fourth-order valence-corrected chi connectivity index (χ4v) is 2.55. The van der Waals surface area contributed by atoms with Gasteiger partial charge in [-0.2, -0.15) is 11.8 Å². The van der Waals surface area contributed by atoms with Gasteiger partial charge in [-0.15, -0.1) is 0 Å². The zero-order valence-electron chi connectivity index (χ0n) is 8.15. The van der Waals surface area contributed by atoms with Crippen LogP contribution in [0.5, 0.6) is 0 Å². The lowest BCUT2D eigenvalue weighted by Gasteiger charge is -2.22. The number of nitrogens with zero attached hydrogens (tertiary/aromatic N) is 2. The van der Waals surface area contributed by atoms with Crippen LogP contribution in [0.4, 0.5) is 11.5 Å². The molecule has 0 saturated carbocycles. The molecule has 0 aromatic carbocycles. The van der Waals surface area contributed by atoms with Gasteiger partial charge in [0.25, 0.3) is 0 Å². The van der Waals surface area contributed by atoms with Crippen molar-refractivity contribution >= 4 is 23.3 Å². The molecule has 1 aliphatic rings. The minimum absolute atomic E-state index is 0.652. The lowest BCUT2D eigenvalue weighted by atomic mass is 10.3. The summed E-state index contributed by atoms with van der Waals surface area (Å²) in [6.45, 7) is 2.18. The third-order valence-corrected chi connectivity index (χ3v) is 3.43. The minimum atomic E-state index is 0.652. The summed E-state index contributed by atoms with van der Waals surface area (Å²) in [5.41, 5.74) is 6.94. The first-order chi connectivity index (χ1) is 6.88. The summed E-state index contributed by atoms with van der Waals surface area (Å²) in [4.78, 5) is 6.45. The van der Waals surface area contributed by atoms with E-state index < -0.39 is 0 Å². The molecule has 3 nitrogen and oxygen atoms in total. The first-order valence-corrected chi connectivity index (χ1v) is 6.06. The van der Waals surface area contributed by atoms with E-state index in [1.165, 1.54) is 17.9 Å². The molecule has 2 heterocycles. The topological polar surface area (TPSA) is 42.1 Å². The second-order valence-electron chi connectivity index (χ2n) is 3.36. The lowest BCUT2D eigenvalue weighted by Crippen LogP contribution is -2.26. The molecule has 0 unspecified atom stereocenters. The number of nitrogen functional groups attached to an aromatic ring is 1. The molecule has 0 atom stereocenters. The van der Waals surface area contributed by atoms with Crippen molar-refractivity contribution in [1.82, 2.24) is 4.98 Å². The summed E-state index contributed by atoms with van der Waals surface area (Å²) in [5, 5.41) is 0. The van der Waals surface area contributed by atoms with E-state index in [1.807, 2.05) is 17.8 Å². The number of nitrogens with two attached hydrogens (primary N) is 1. The van der Waals surface area contributed by atoms with E-state index in [-0.39, 0.29) is 0 Å². The Morgan fingerprint density at radius 3 is 3.14 bits per heavy atom. The van der Waals surface area contributed by atoms with Gasteiger partial charge in [0.2, 0.25) is 0 Å². The maximum absolute atomic E-state index is 5.84. The standard InChI is InChI=1S/C10H15N3S/c11-10-9(3-1-4-12-10)13-5-2-7-14-8-6-13/h1,3-4H,2,5-8H2,(H2,11,12). The molecule has 0 aliphatic carbocycles. The third-order valence-electron chi connectivity index (χ3n) is 2.38. The molecule has 1 saturated heterocycles. The van der Waals surface area contributed by atoms with Crippen LogP contribution in [0, 0.1) is 0 Å². The Hall–Kier alpha value is -0.900. The van der Waals surface area contributed by atoms with Crippen LogP contribution in [0.2, 0.25) is 0 Å². The van der Waals surface area contributed by atoms with Crippen molar-refractivity contribution in [3.63, 3.8) is 0 Å². The Morgan fingerprint density at radius 2 is 2.29 bits per heavy atom. The summed E-state index contributed by atoms with van der Waals surface area (Å²) in [6.07, 6.45) is 2.98. The Balaban J connectivity index is 2.16. The maximum atomic E-state index is 5.84. The molecule has 1 aromatic heterocycles. The van der Waals surface area contributed by atoms with Gasteiger partial charge in [-0.05, 0) is 24.3 Å². The van der Waals surface area contributed by atoms with E-state index in [2.05, 4.69) is 16.0 Å². The third kappa shape index (κ3) is 2.12. The Bertz CT molecular complexity index is 295. The van der Waals surface area contributed by atoms with Crippen molar-refractivity contribution < 1.29 is 0 Å². The fraction of sp³-hybridized carbons (Fsp3) is 0.500. The summed E-state index contributed by atoms with van der Waals surface area (Å²) >= 11 is 2.02. The quantitative estimate of drug-likeness (QED) is 0.763. The van der Waals surface area contributed by atoms with E-state index in [4.69, 9.17) is 5.73 Å². The molecule has 2 rings (SSSR count). The molecule has 0 bridgehead atoms. The van der Waals surface area contributed by atoms with Crippen molar-refractivity contribution in [3.8, 4) is 0 Å². The molecule has 1 aromatic rings. The smallest absolute Gasteiger partial charge is 0.146 e. The molecular weight excluding hydrogens is 194 g/mol. The molecule has 1 fully saturated rings. The van der Waals surface area contributed by atoms with Crippen LogP contribution in [0.25, 0.3) is 0 Å². The number of thioether (sulfide) groups is 1. The van der Waals surface area contributed by atoms with Crippen LogP contribution in [0.3, 0.4) is 0 Å². The zero-order valence-corrected chi connectivity index (χ0v) is 8.96. The van der Waals surface area contributed by atoms with Gasteiger partial charge in [0.05, 0.1) is 5.69 Å². The van der Waals surface area contributed by atoms with Gasteiger partial charge in [0, 0.05) is 25.0 Å². The normalized spacial score (nSPS) is 17.9. The van der Waals surface area contributed by atoms with Gasteiger partial charge in [0.1, 0.15) is 5.82 Å². The number of anilines is 2. The summed E-state index contributed by atoms with van der Waals surface area (Å²) in [5.74, 6) is 3.10. The number of rotatable bonds is 1.